The first-order chi connectivity index (χ1) is 21.5. The van der Waals surface area contributed by atoms with Crippen LogP contribution in [0.5, 0.6) is 0 Å². The summed E-state index contributed by atoms with van der Waals surface area (Å²) in [5.41, 5.74) is 4.64. The summed E-state index contributed by atoms with van der Waals surface area (Å²) in [4.78, 5) is 36.6. The van der Waals surface area contributed by atoms with Crippen LogP contribution in [-0.2, 0) is 12.5 Å². The Bertz CT molecular complexity index is 1570. The summed E-state index contributed by atoms with van der Waals surface area (Å²) in [5.74, 6) is -3.25. The van der Waals surface area contributed by atoms with E-state index >= 15 is 0 Å². The van der Waals surface area contributed by atoms with E-state index in [1.54, 1.807) is 29.7 Å². The molecule has 10 heteroatoms. The van der Waals surface area contributed by atoms with Gasteiger partial charge in [0.1, 0.15) is 5.01 Å². The average molecular weight is 634 g/mol. The number of thiazole rings is 1. The van der Waals surface area contributed by atoms with Gasteiger partial charge in [0.15, 0.2) is 0 Å². The van der Waals surface area contributed by atoms with Crippen molar-refractivity contribution < 1.29 is 18.4 Å². The van der Waals surface area contributed by atoms with Crippen LogP contribution in [0.2, 0.25) is 0 Å². The van der Waals surface area contributed by atoms with E-state index in [0.717, 1.165) is 36.0 Å². The molecule has 4 aromatic rings. The maximum Gasteiger partial charge on any atom is 0.272 e. The Hall–Kier alpha value is -4.02. The fourth-order valence-corrected chi connectivity index (χ4v) is 6.05. The van der Waals surface area contributed by atoms with Gasteiger partial charge in [-0.25, -0.2) is 13.8 Å². The molecular formula is C35H41F2N5O2S. The number of nitrogens with one attached hydrogen (secondary N) is 2. The van der Waals surface area contributed by atoms with Gasteiger partial charge in [0, 0.05) is 66.7 Å². The summed E-state index contributed by atoms with van der Waals surface area (Å²) >= 11 is 1.58. The third kappa shape index (κ3) is 9.99. The molecule has 1 saturated heterocycles. The van der Waals surface area contributed by atoms with Crippen LogP contribution < -0.4 is 10.6 Å². The molecule has 238 valence electrons. The van der Waals surface area contributed by atoms with Crippen molar-refractivity contribution in [1.82, 2.24) is 25.5 Å². The molecule has 2 N–H and O–H groups in total. The zero-order valence-electron chi connectivity index (χ0n) is 26.3. The summed E-state index contributed by atoms with van der Waals surface area (Å²) in [5, 5.41) is 9.05. The predicted octanol–water partition coefficient (Wildman–Crippen LogP) is 7.15. The van der Waals surface area contributed by atoms with Gasteiger partial charge in [0.25, 0.3) is 17.7 Å². The minimum atomic E-state index is -2.93. The van der Waals surface area contributed by atoms with Crippen molar-refractivity contribution in [2.45, 2.75) is 65.5 Å². The van der Waals surface area contributed by atoms with E-state index in [2.05, 4.69) is 39.7 Å². The maximum absolute atomic E-state index is 13.5. The second kappa shape index (κ2) is 15.8. The smallest absolute Gasteiger partial charge is 0.272 e. The van der Waals surface area contributed by atoms with E-state index in [1.807, 2.05) is 48.4 Å². The van der Waals surface area contributed by atoms with Crippen molar-refractivity contribution >= 4 is 23.2 Å². The van der Waals surface area contributed by atoms with Gasteiger partial charge in [0.05, 0.1) is 6.04 Å². The first kappa shape index (κ1) is 33.9. The van der Waals surface area contributed by atoms with Crippen molar-refractivity contribution in [3.8, 4) is 0 Å². The molecule has 0 aliphatic carbocycles. The molecule has 1 atom stereocenters. The number of carbonyl (C=O) groups excluding carboxylic acids is 2. The lowest BCUT2D eigenvalue weighted by atomic mass is 10.0. The number of carbonyl (C=O) groups is 2. The number of rotatable bonds is 10. The SMILES string of the molecule is Cc1cc(C(=O)NCCCNCc2cncc(C(C)(F)F)c2)cc(C(=O)N2CCCC2c2nc(C)cs2)c1.Cc1ccccc1. The highest BCUT2D eigenvalue weighted by molar-refractivity contribution is 7.09. The van der Waals surface area contributed by atoms with E-state index in [1.165, 1.54) is 17.8 Å². The monoisotopic (exact) mass is 633 g/mol. The van der Waals surface area contributed by atoms with Crippen LogP contribution in [0.3, 0.4) is 0 Å². The fourth-order valence-electron chi connectivity index (χ4n) is 5.10. The van der Waals surface area contributed by atoms with Gasteiger partial charge < -0.3 is 15.5 Å². The Balaban J connectivity index is 0.000000580. The number of benzene rings is 2. The Morgan fingerprint density at radius 2 is 1.76 bits per heavy atom. The minimum absolute atomic E-state index is 0.0248. The van der Waals surface area contributed by atoms with E-state index in [-0.39, 0.29) is 23.4 Å². The number of aryl methyl sites for hydroxylation is 3. The van der Waals surface area contributed by atoms with Gasteiger partial charge in [-0.1, -0.05) is 35.9 Å². The van der Waals surface area contributed by atoms with Crippen molar-refractivity contribution in [3.63, 3.8) is 0 Å². The first-order valence-corrected chi connectivity index (χ1v) is 16.1. The number of pyridine rings is 1. The Kier molecular flexibility index (Phi) is 11.9. The number of hydrogen-bond acceptors (Lipinski definition) is 6. The van der Waals surface area contributed by atoms with Crippen LogP contribution in [0.4, 0.5) is 8.78 Å². The average Bonchev–Trinajstić information content (AvgIpc) is 3.68. The molecule has 2 amide bonds. The molecule has 2 aromatic heterocycles. The molecule has 45 heavy (non-hydrogen) atoms. The van der Waals surface area contributed by atoms with Crippen LogP contribution >= 0.6 is 11.3 Å². The number of halogens is 2. The Morgan fingerprint density at radius 1 is 1.00 bits per heavy atom. The van der Waals surface area contributed by atoms with Gasteiger partial charge in [-0.2, -0.15) is 0 Å². The maximum atomic E-state index is 13.5. The lowest BCUT2D eigenvalue weighted by Gasteiger charge is -2.23. The quantitative estimate of drug-likeness (QED) is 0.181. The highest BCUT2D eigenvalue weighted by Crippen LogP contribution is 2.35. The molecule has 0 bridgehead atoms. The summed E-state index contributed by atoms with van der Waals surface area (Å²) in [7, 11) is 0. The van der Waals surface area contributed by atoms with E-state index in [4.69, 9.17) is 0 Å². The molecule has 1 aliphatic heterocycles. The lowest BCUT2D eigenvalue weighted by molar-refractivity contribution is 0.0170. The Labute approximate surface area is 268 Å². The topological polar surface area (TPSA) is 87.2 Å². The normalized spacial score (nSPS) is 14.5. The van der Waals surface area contributed by atoms with Crippen LogP contribution in [0.1, 0.15) is 85.9 Å². The van der Waals surface area contributed by atoms with E-state index in [0.29, 0.717) is 49.3 Å². The zero-order chi connectivity index (χ0) is 32.4. The number of hydrogen-bond donors (Lipinski definition) is 2. The number of alkyl halides is 2. The largest absolute Gasteiger partial charge is 0.352 e. The molecule has 0 saturated carbocycles. The zero-order valence-corrected chi connectivity index (χ0v) is 27.1. The van der Waals surface area contributed by atoms with E-state index < -0.39 is 5.92 Å². The molecule has 1 fully saturated rings. The summed E-state index contributed by atoms with van der Waals surface area (Å²) in [6.07, 6.45) is 5.20. The molecule has 1 unspecified atom stereocenters. The highest BCUT2D eigenvalue weighted by atomic mass is 32.1. The highest BCUT2D eigenvalue weighted by Gasteiger charge is 2.33. The number of likely N-dealkylation sites (tertiary alicyclic amines) is 1. The summed E-state index contributed by atoms with van der Waals surface area (Å²) < 4.78 is 27.0. The molecule has 1 aliphatic rings. The van der Waals surface area contributed by atoms with Crippen LogP contribution in [0, 0.1) is 20.8 Å². The first-order valence-electron chi connectivity index (χ1n) is 15.2. The van der Waals surface area contributed by atoms with E-state index in [9.17, 15) is 18.4 Å². The molecule has 2 aromatic carbocycles. The molecule has 3 heterocycles. The van der Waals surface area contributed by atoms with Crippen LogP contribution in [-0.4, -0.2) is 46.3 Å². The predicted molar refractivity (Wildman–Crippen MR) is 175 cm³/mol. The third-order valence-corrected chi connectivity index (χ3v) is 8.47. The van der Waals surface area contributed by atoms with Crippen molar-refractivity contribution in [3.05, 3.63) is 116 Å². The summed E-state index contributed by atoms with van der Waals surface area (Å²) in [6.45, 7) is 8.88. The minimum Gasteiger partial charge on any atom is -0.352 e. The fraction of sp³-hybridized carbons (Fsp3) is 0.371. The number of aromatic nitrogens is 2. The van der Waals surface area contributed by atoms with Crippen LogP contribution in [0.25, 0.3) is 0 Å². The van der Waals surface area contributed by atoms with Crippen molar-refractivity contribution in [2.24, 2.45) is 0 Å². The molecule has 0 radical (unpaired) electrons. The van der Waals surface area contributed by atoms with Crippen LogP contribution in [0.15, 0.2) is 72.4 Å². The molecule has 7 nitrogen and oxygen atoms in total. The molecule has 5 rings (SSSR count). The molecular weight excluding hydrogens is 592 g/mol. The van der Waals surface area contributed by atoms with Gasteiger partial charge >= 0.3 is 0 Å². The Morgan fingerprint density at radius 3 is 2.42 bits per heavy atom. The summed E-state index contributed by atoms with van der Waals surface area (Å²) in [6, 6.07) is 16.9. The van der Waals surface area contributed by atoms with Crippen molar-refractivity contribution in [2.75, 3.05) is 19.6 Å². The molecule has 0 spiro atoms. The number of nitrogens with zero attached hydrogens (tertiary/aromatic N) is 3. The van der Waals surface area contributed by atoms with Crippen molar-refractivity contribution in [1.29, 1.82) is 0 Å². The van der Waals surface area contributed by atoms with Gasteiger partial charge in [-0.05, 0) is 82.0 Å². The van der Waals surface area contributed by atoms with Gasteiger partial charge in [0.2, 0.25) is 0 Å². The second-order valence-electron chi connectivity index (χ2n) is 11.5. The van der Waals surface area contributed by atoms with Gasteiger partial charge in [-0.3, -0.25) is 14.6 Å². The standard InChI is InChI=1S/C28H33F2N5O2S.C7H8/c1-18-10-21(13-22(11-18)27(37)35-9-4-6-24(35)26-34-19(2)17-38-26)25(36)33-8-5-7-31-14-20-12-23(16-32-15-20)28(3,29)30;1-7-5-3-2-4-6-7/h10-13,15-17,24,31H,4-9,14H2,1-3H3,(H,33,36);2-6H,1H3. The lowest BCUT2D eigenvalue weighted by Crippen LogP contribution is -2.31. The second-order valence-corrected chi connectivity index (χ2v) is 12.4. The third-order valence-electron chi connectivity index (χ3n) is 7.41. The number of amides is 2. The van der Waals surface area contributed by atoms with Gasteiger partial charge in [-0.15, -0.1) is 11.3 Å².